The van der Waals surface area contributed by atoms with Gasteiger partial charge in [0.05, 0.1) is 30.2 Å². The van der Waals surface area contributed by atoms with Crippen LogP contribution in [-0.4, -0.2) is 74.4 Å². The Hall–Kier alpha value is -1.72. The molecule has 2 saturated heterocycles. The minimum atomic E-state index is -0.849. The van der Waals surface area contributed by atoms with E-state index in [2.05, 4.69) is 16.0 Å². The number of aliphatic hydroxyl groups is 1. The number of thiophene rings is 1. The van der Waals surface area contributed by atoms with Gasteiger partial charge >= 0.3 is 6.03 Å². The van der Waals surface area contributed by atoms with Crippen LogP contribution in [0.5, 0.6) is 0 Å². The van der Waals surface area contributed by atoms with Crippen LogP contribution in [0.15, 0.2) is 17.5 Å². The summed E-state index contributed by atoms with van der Waals surface area (Å²) in [4.78, 5) is 23.7. The van der Waals surface area contributed by atoms with Crippen molar-refractivity contribution in [3.8, 4) is 0 Å². The van der Waals surface area contributed by atoms with Gasteiger partial charge in [0.1, 0.15) is 18.3 Å². The van der Waals surface area contributed by atoms with Crippen molar-refractivity contribution in [2.24, 2.45) is 0 Å². The first kappa shape index (κ1) is 20.0. The molecule has 0 aliphatic carbocycles. The Morgan fingerprint density at radius 2 is 2.22 bits per heavy atom. The fourth-order valence-electron chi connectivity index (χ4n) is 3.28. The van der Waals surface area contributed by atoms with E-state index in [4.69, 9.17) is 14.2 Å². The Morgan fingerprint density at radius 3 is 2.93 bits per heavy atom. The molecule has 4 N–H and O–H groups in total. The molecule has 1 aromatic heterocycles. The molecule has 0 aromatic carbocycles. The van der Waals surface area contributed by atoms with Crippen molar-refractivity contribution in [2.45, 2.75) is 43.4 Å². The number of rotatable bonds is 8. The van der Waals surface area contributed by atoms with Crippen LogP contribution < -0.4 is 16.0 Å². The van der Waals surface area contributed by atoms with E-state index in [1.807, 2.05) is 11.4 Å². The zero-order chi connectivity index (χ0) is 19.2. The monoisotopic (exact) mass is 399 g/mol. The smallest absolute Gasteiger partial charge is 0.319 e. The maximum atomic E-state index is 11.9. The van der Waals surface area contributed by atoms with Crippen LogP contribution in [0.2, 0.25) is 0 Å². The molecule has 9 nitrogen and oxygen atoms in total. The summed E-state index contributed by atoms with van der Waals surface area (Å²) in [6.45, 7) is 1.09. The topological polar surface area (TPSA) is 118 Å². The van der Waals surface area contributed by atoms with Crippen molar-refractivity contribution in [1.82, 2.24) is 10.6 Å². The molecule has 3 amide bonds. The van der Waals surface area contributed by atoms with Gasteiger partial charge in [-0.3, -0.25) is 10.1 Å². The number of carbonyl (C=O) groups excluding carboxylic acids is 2. The number of anilines is 1. The molecule has 3 rings (SSSR count). The first-order valence-electron chi connectivity index (χ1n) is 8.90. The van der Waals surface area contributed by atoms with Crippen LogP contribution in [0.25, 0.3) is 0 Å². The van der Waals surface area contributed by atoms with E-state index in [1.165, 1.54) is 11.3 Å². The van der Waals surface area contributed by atoms with Crippen molar-refractivity contribution in [3.05, 3.63) is 17.5 Å². The van der Waals surface area contributed by atoms with E-state index < -0.39 is 18.3 Å². The Bertz CT molecular complexity index is 628. The lowest BCUT2D eigenvalue weighted by molar-refractivity contribution is -0.124. The number of hydrogen-bond acceptors (Lipinski definition) is 7. The number of methoxy groups -OCH3 is 1. The number of ether oxygens (including phenoxy) is 3. The first-order valence-corrected chi connectivity index (χ1v) is 9.77. The second-order valence-corrected chi connectivity index (χ2v) is 7.47. The van der Waals surface area contributed by atoms with Crippen LogP contribution in [0.1, 0.15) is 12.8 Å². The average molecular weight is 399 g/mol. The zero-order valence-corrected chi connectivity index (χ0v) is 15.9. The van der Waals surface area contributed by atoms with E-state index >= 15 is 0 Å². The van der Waals surface area contributed by atoms with Gasteiger partial charge in [0.25, 0.3) is 0 Å². The minimum Gasteiger partial charge on any atom is -0.388 e. The number of aliphatic hydroxyl groups excluding tert-OH is 1. The Kier molecular flexibility index (Phi) is 7.02. The second kappa shape index (κ2) is 9.47. The third kappa shape index (κ3) is 5.39. The molecule has 10 heteroatoms. The van der Waals surface area contributed by atoms with Gasteiger partial charge in [0, 0.05) is 26.6 Å². The Labute approximate surface area is 161 Å². The van der Waals surface area contributed by atoms with E-state index in [-0.39, 0.29) is 37.1 Å². The summed E-state index contributed by atoms with van der Waals surface area (Å²) < 4.78 is 16.5. The molecule has 1 aromatic rings. The molecule has 5 unspecified atom stereocenters. The summed E-state index contributed by atoms with van der Waals surface area (Å²) in [7, 11) is 1.57. The van der Waals surface area contributed by atoms with E-state index in [0.29, 0.717) is 19.6 Å². The predicted molar refractivity (Wildman–Crippen MR) is 98.8 cm³/mol. The van der Waals surface area contributed by atoms with E-state index in [1.54, 1.807) is 13.2 Å². The summed E-state index contributed by atoms with van der Waals surface area (Å²) in [6, 6.07) is 3.29. The summed E-state index contributed by atoms with van der Waals surface area (Å²) in [5.74, 6) is -0.116. The normalized spacial score (nSPS) is 29.3. The number of hydrogen-bond donors (Lipinski definition) is 4. The van der Waals surface area contributed by atoms with Gasteiger partial charge < -0.3 is 30.0 Å². The van der Waals surface area contributed by atoms with E-state index in [9.17, 15) is 14.7 Å². The van der Waals surface area contributed by atoms with Gasteiger partial charge in [0.15, 0.2) is 0 Å². The van der Waals surface area contributed by atoms with Gasteiger partial charge in [-0.15, -0.1) is 11.3 Å². The molecule has 0 bridgehead atoms. The lowest BCUT2D eigenvalue weighted by Gasteiger charge is -2.20. The third-order valence-corrected chi connectivity index (χ3v) is 5.33. The fourth-order valence-corrected chi connectivity index (χ4v) is 3.89. The summed E-state index contributed by atoms with van der Waals surface area (Å²) in [6.07, 6.45) is -1.66. The molecule has 5 atom stereocenters. The largest absolute Gasteiger partial charge is 0.388 e. The number of fused-ring (bicyclic) bond motifs is 1. The van der Waals surface area contributed by atoms with Gasteiger partial charge in [-0.2, -0.15) is 0 Å². The predicted octanol–water partition coefficient (Wildman–Crippen LogP) is 0.308. The molecular weight excluding hydrogens is 374 g/mol. The first-order chi connectivity index (χ1) is 13.1. The highest BCUT2D eigenvalue weighted by Gasteiger charge is 2.50. The van der Waals surface area contributed by atoms with Crippen molar-refractivity contribution in [1.29, 1.82) is 0 Å². The summed E-state index contributed by atoms with van der Waals surface area (Å²) in [5, 5.41) is 21.2. The van der Waals surface area contributed by atoms with Crippen LogP contribution in [0, 0.1) is 0 Å². The zero-order valence-electron chi connectivity index (χ0n) is 15.1. The number of carbonyl (C=O) groups is 2. The summed E-state index contributed by atoms with van der Waals surface area (Å²) >= 11 is 1.42. The SMILES string of the molecule is COCCNC(=O)CC1CC2OC(CNC(=O)Nc3cccs3)C(O)C2O1. The maximum absolute atomic E-state index is 11.9. The molecule has 2 aliphatic heterocycles. The number of urea groups is 1. The quantitative estimate of drug-likeness (QED) is 0.467. The van der Waals surface area contributed by atoms with Gasteiger partial charge in [-0.25, -0.2) is 4.79 Å². The lowest BCUT2D eigenvalue weighted by Crippen LogP contribution is -2.42. The van der Waals surface area contributed by atoms with E-state index in [0.717, 1.165) is 5.00 Å². The van der Waals surface area contributed by atoms with Gasteiger partial charge in [-0.05, 0) is 17.5 Å². The maximum Gasteiger partial charge on any atom is 0.319 e. The molecule has 27 heavy (non-hydrogen) atoms. The average Bonchev–Trinajstić information content (AvgIpc) is 3.33. The van der Waals surface area contributed by atoms with Gasteiger partial charge in [0.2, 0.25) is 5.91 Å². The van der Waals surface area contributed by atoms with Crippen molar-refractivity contribution < 1.29 is 28.9 Å². The van der Waals surface area contributed by atoms with Crippen LogP contribution >= 0.6 is 11.3 Å². The molecule has 2 aliphatic rings. The Balaban J connectivity index is 1.38. The highest BCUT2D eigenvalue weighted by Crippen LogP contribution is 2.35. The van der Waals surface area contributed by atoms with Crippen LogP contribution in [0.4, 0.5) is 9.80 Å². The molecule has 0 saturated carbocycles. The number of amides is 3. The highest BCUT2D eigenvalue weighted by atomic mass is 32.1. The van der Waals surface area contributed by atoms with Crippen molar-refractivity contribution in [3.63, 3.8) is 0 Å². The molecule has 150 valence electrons. The fraction of sp³-hybridized carbons (Fsp3) is 0.647. The number of nitrogens with one attached hydrogen (secondary N) is 3. The molecule has 3 heterocycles. The van der Waals surface area contributed by atoms with Crippen molar-refractivity contribution >= 4 is 28.3 Å². The van der Waals surface area contributed by atoms with Crippen LogP contribution in [0.3, 0.4) is 0 Å². The van der Waals surface area contributed by atoms with Crippen molar-refractivity contribution in [2.75, 3.05) is 32.1 Å². The van der Waals surface area contributed by atoms with Crippen LogP contribution in [-0.2, 0) is 19.0 Å². The molecule has 2 fully saturated rings. The molecular formula is C17H25N3O6S. The molecule has 0 spiro atoms. The third-order valence-electron chi connectivity index (χ3n) is 4.54. The minimum absolute atomic E-state index is 0.116. The molecule has 0 radical (unpaired) electrons. The summed E-state index contributed by atoms with van der Waals surface area (Å²) in [5.41, 5.74) is 0. The second-order valence-electron chi connectivity index (χ2n) is 6.52. The highest BCUT2D eigenvalue weighted by molar-refractivity contribution is 7.14. The lowest BCUT2D eigenvalue weighted by atomic mass is 10.1. The Morgan fingerprint density at radius 1 is 1.37 bits per heavy atom. The standard InChI is InChI=1S/C17H25N3O6S/c1-24-5-4-18-13(21)8-10-7-11-16(25-10)15(22)12(26-11)9-19-17(23)20-14-3-2-6-27-14/h2-3,6,10-12,15-16,22H,4-5,7-9H2,1H3,(H,18,21)(H2,19,20,23). The van der Waals surface area contributed by atoms with Gasteiger partial charge in [-0.1, -0.05) is 0 Å².